The number of halogens is 4. The van der Waals surface area contributed by atoms with Crippen molar-refractivity contribution in [2.45, 2.75) is 32.8 Å². The van der Waals surface area contributed by atoms with Crippen molar-refractivity contribution in [2.24, 2.45) is 5.16 Å². The first-order chi connectivity index (χ1) is 20.7. The van der Waals surface area contributed by atoms with Crippen LogP contribution in [0.15, 0.2) is 78.0 Å². The fourth-order valence-electron chi connectivity index (χ4n) is 4.14. The number of ether oxygens (including phenoxy) is 2. The fraction of sp³-hybridized carbons (Fsp3) is 0.226. The number of carbonyl (C=O) groups is 2. The molecule has 1 aliphatic rings. The van der Waals surface area contributed by atoms with Gasteiger partial charge in [-0.2, -0.15) is 5.10 Å². The third-order valence-electron chi connectivity index (χ3n) is 6.11. The molecule has 0 saturated carbocycles. The van der Waals surface area contributed by atoms with Crippen LogP contribution >= 0.6 is 46.4 Å². The maximum Gasteiger partial charge on any atom is 0.358 e. The highest BCUT2D eigenvalue weighted by Crippen LogP contribution is 2.30. The van der Waals surface area contributed by atoms with Gasteiger partial charge >= 0.3 is 11.9 Å². The van der Waals surface area contributed by atoms with Gasteiger partial charge in [-0.15, -0.1) is 0 Å². The Morgan fingerprint density at radius 2 is 1.51 bits per heavy atom. The summed E-state index contributed by atoms with van der Waals surface area (Å²) in [6, 6.07) is 21.7. The summed E-state index contributed by atoms with van der Waals surface area (Å²) in [6.45, 7) is 4.11. The summed E-state index contributed by atoms with van der Waals surface area (Å²) >= 11 is 24.2. The zero-order chi connectivity index (χ0) is 30.9. The molecule has 0 aliphatic carbocycles. The highest BCUT2D eigenvalue weighted by atomic mass is 35.5. The van der Waals surface area contributed by atoms with Crippen LogP contribution in [0.25, 0.3) is 16.9 Å². The molecule has 1 unspecified atom stereocenters. The smallest absolute Gasteiger partial charge is 0.358 e. The van der Waals surface area contributed by atoms with Gasteiger partial charge in [0.25, 0.3) is 0 Å². The van der Waals surface area contributed by atoms with Crippen LogP contribution in [0.4, 0.5) is 0 Å². The Morgan fingerprint density at radius 1 is 0.860 bits per heavy atom. The minimum absolute atomic E-state index is 0.196. The summed E-state index contributed by atoms with van der Waals surface area (Å²) in [5.41, 5.74) is 3.74. The lowest BCUT2D eigenvalue weighted by Gasteiger charge is -2.09. The van der Waals surface area contributed by atoms with Crippen LogP contribution < -0.4 is 0 Å². The van der Waals surface area contributed by atoms with Crippen molar-refractivity contribution in [3.05, 3.63) is 104 Å². The van der Waals surface area contributed by atoms with Crippen molar-refractivity contribution in [1.29, 1.82) is 0 Å². The molecular weight excluding hydrogens is 636 g/mol. The number of oxime groups is 1. The van der Waals surface area contributed by atoms with E-state index in [1.807, 2.05) is 36.4 Å². The summed E-state index contributed by atoms with van der Waals surface area (Å²) in [7, 11) is 0. The Morgan fingerprint density at radius 3 is 2.16 bits per heavy atom. The van der Waals surface area contributed by atoms with Crippen molar-refractivity contribution in [2.75, 3.05) is 13.2 Å². The molecule has 1 aromatic heterocycles. The quantitative estimate of drug-likeness (QED) is 0.176. The van der Waals surface area contributed by atoms with Crippen molar-refractivity contribution in [3.8, 4) is 16.9 Å². The van der Waals surface area contributed by atoms with Crippen LogP contribution in [0.2, 0.25) is 20.1 Å². The molecule has 3 aromatic carbocycles. The lowest BCUT2D eigenvalue weighted by atomic mass is 10.0. The lowest BCUT2D eigenvalue weighted by molar-refractivity contribution is -0.135. The largest absolute Gasteiger partial charge is 0.461 e. The van der Waals surface area contributed by atoms with Gasteiger partial charge in [0.05, 0.1) is 29.6 Å². The number of hydrogen-bond donors (Lipinski definition) is 0. The van der Waals surface area contributed by atoms with Gasteiger partial charge in [-0.3, -0.25) is 0 Å². The number of nitrogens with zero attached hydrogens (tertiary/aromatic N) is 3. The predicted octanol–water partition coefficient (Wildman–Crippen LogP) is 8.27. The van der Waals surface area contributed by atoms with Gasteiger partial charge in [-0.25, -0.2) is 14.3 Å². The average molecular weight is 663 g/mol. The number of aromatic nitrogens is 2. The van der Waals surface area contributed by atoms with Crippen molar-refractivity contribution in [3.63, 3.8) is 0 Å². The van der Waals surface area contributed by atoms with Crippen LogP contribution in [0.5, 0.6) is 0 Å². The third-order valence-corrected chi connectivity index (χ3v) is 7.23. The molecule has 4 aromatic rings. The summed E-state index contributed by atoms with van der Waals surface area (Å²) in [4.78, 5) is 28.8. The molecule has 5 rings (SSSR count). The molecule has 0 bridgehead atoms. The van der Waals surface area contributed by atoms with Gasteiger partial charge in [0.2, 0.25) is 0 Å². The third kappa shape index (κ3) is 8.51. The van der Waals surface area contributed by atoms with Crippen LogP contribution in [-0.2, 0) is 25.5 Å². The molecule has 0 N–H and O–H groups in total. The van der Waals surface area contributed by atoms with Crippen LogP contribution in [0.1, 0.15) is 36.3 Å². The molecule has 43 heavy (non-hydrogen) atoms. The second-order valence-electron chi connectivity index (χ2n) is 9.14. The summed E-state index contributed by atoms with van der Waals surface area (Å²) in [6.07, 6.45) is 0.804. The van der Waals surface area contributed by atoms with Crippen molar-refractivity contribution in [1.82, 2.24) is 9.78 Å². The average Bonchev–Trinajstić information content (AvgIpc) is 3.64. The Balaban J connectivity index is 0.000000203. The monoisotopic (exact) mass is 661 g/mol. The molecule has 2 heterocycles. The van der Waals surface area contributed by atoms with E-state index in [-0.39, 0.29) is 18.4 Å². The van der Waals surface area contributed by atoms with E-state index in [0.29, 0.717) is 50.9 Å². The topological polar surface area (TPSA) is 92.0 Å². The zero-order valence-corrected chi connectivity index (χ0v) is 26.3. The van der Waals surface area contributed by atoms with Crippen molar-refractivity contribution < 1.29 is 23.9 Å². The fourth-order valence-corrected chi connectivity index (χ4v) is 5.12. The van der Waals surface area contributed by atoms with E-state index in [9.17, 15) is 9.59 Å². The van der Waals surface area contributed by atoms with Gasteiger partial charge in [0.1, 0.15) is 6.10 Å². The Kier molecular flexibility index (Phi) is 11.5. The molecular formula is C31H27Cl4N3O5. The summed E-state index contributed by atoms with van der Waals surface area (Å²) in [5, 5.41) is 10.3. The maximum absolute atomic E-state index is 12.1. The van der Waals surface area contributed by atoms with E-state index in [1.165, 1.54) is 0 Å². The van der Waals surface area contributed by atoms with Gasteiger partial charge in [0, 0.05) is 33.5 Å². The van der Waals surface area contributed by atoms with Crippen LogP contribution in [0, 0.1) is 0 Å². The molecule has 0 radical (unpaired) electrons. The highest BCUT2D eigenvalue weighted by molar-refractivity contribution is 6.37. The molecule has 0 fully saturated rings. The Bertz CT molecular complexity index is 1630. The molecule has 0 amide bonds. The van der Waals surface area contributed by atoms with Gasteiger partial charge in [-0.1, -0.05) is 88.0 Å². The van der Waals surface area contributed by atoms with Gasteiger partial charge in [-0.05, 0) is 55.8 Å². The van der Waals surface area contributed by atoms with E-state index in [1.54, 1.807) is 54.9 Å². The lowest BCUT2D eigenvalue weighted by Crippen LogP contribution is -2.19. The number of benzene rings is 3. The minimum Gasteiger partial charge on any atom is -0.461 e. The van der Waals surface area contributed by atoms with E-state index < -0.39 is 11.9 Å². The first-order valence-electron chi connectivity index (χ1n) is 13.3. The Hall–Kier alpha value is -3.56. The molecule has 1 aliphatic heterocycles. The SMILES string of the molecule is CCOC(=O)C1=NOC(Cc2ccc(Cl)cc2Cl)C1.CCOC(=O)c1cc(-c2ccccc2)n(-c2ccc(Cl)cc2Cl)n1. The van der Waals surface area contributed by atoms with Gasteiger partial charge in [0.15, 0.2) is 11.4 Å². The van der Waals surface area contributed by atoms with Crippen molar-refractivity contribution >= 4 is 64.1 Å². The molecule has 1 atom stereocenters. The van der Waals surface area contributed by atoms with Crippen LogP contribution in [-0.4, -0.2) is 46.7 Å². The second-order valence-corrected chi connectivity index (χ2v) is 10.8. The Labute approximate surface area is 269 Å². The standard InChI is InChI=1S/C18H14Cl2N2O2.C13H13Cl2NO3/c1-2-24-18(23)15-11-17(12-6-4-3-5-7-12)22(21-15)16-9-8-13(19)10-14(16)20;1-2-18-13(17)12-7-10(19-16-12)5-8-3-4-9(14)6-11(8)15/h3-11H,2H2,1H3;3-4,6,10H,2,5,7H2,1H3. The molecule has 8 nitrogen and oxygen atoms in total. The number of rotatable bonds is 8. The molecule has 0 saturated heterocycles. The molecule has 0 spiro atoms. The number of esters is 2. The summed E-state index contributed by atoms with van der Waals surface area (Å²) in [5.74, 6) is -0.897. The van der Waals surface area contributed by atoms with Gasteiger partial charge < -0.3 is 14.3 Å². The molecule has 224 valence electrons. The number of carbonyl (C=O) groups excluding carboxylic acids is 2. The second kappa shape index (κ2) is 15.3. The van der Waals surface area contributed by atoms with E-state index >= 15 is 0 Å². The highest BCUT2D eigenvalue weighted by Gasteiger charge is 2.27. The van der Waals surface area contributed by atoms with E-state index in [2.05, 4.69) is 10.3 Å². The first kappa shape index (κ1) is 32.4. The first-order valence-corrected chi connectivity index (χ1v) is 14.8. The zero-order valence-electron chi connectivity index (χ0n) is 23.2. The normalized spacial score (nSPS) is 13.8. The maximum atomic E-state index is 12.1. The molecule has 12 heteroatoms. The minimum atomic E-state index is -0.474. The van der Waals surface area contributed by atoms with E-state index in [0.717, 1.165) is 16.8 Å². The predicted molar refractivity (Wildman–Crippen MR) is 169 cm³/mol. The number of hydrogen-bond acceptors (Lipinski definition) is 7. The van der Waals surface area contributed by atoms with E-state index in [4.69, 9.17) is 60.7 Å². The summed E-state index contributed by atoms with van der Waals surface area (Å²) < 4.78 is 11.5. The van der Waals surface area contributed by atoms with Crippen LogP contribution in [0.3, 0.4) is 0 Å².